The van der Waals surface area contributed by atoms with Crippen LogP contribution in [0.2, 0.25) is 0 Å². The molecular formula is C15H22N2O2. The molecule has 19 heavy (non-hydrogen) atoms. The lowest BCUT2D eigenvalue weighted by atomic mass is 10.1. The van der Waals surface area contributed by atoms with Crippen LogP contribution < -0.4 is 10.1 Å². The number of nitrogens with zero attached hydrogens (tertiary/aromatic N) is 1. The third-order valence-corrected chi connectivity index (χ3v) is 3.47. The number of amides is 1. The zero-order valence-corrected chi connectivity index (χ0v) is 11.5. The average Bonchev–Trinajstić information content (AvgIpc) is 2.48. The van der Waals surface area contributed by atoms with Crippen LogP contribution in [0.1, 0.15) is 29.6 Å². The average molecular weight is 262 g/mol. The van der Waals surface area contributed by atoms with E-state index in [-0.39, 0.29) is 5.91 Å². The summed E-state index contributed by atoms with van der Waals surface area (Å²) < 4.78 is 5.70. The zero-order chi connectivity index (χ0) is 13.5. The van der Waals surface area contributed by atoms with Gasteiger partial charge in [-0.05, 0) is 50.2 Å². The first-order valence-corrected chi connectivity index (χ1v) is 6.97. The second kappa shape index (κ2) is 7.14. The molecule has 0 saturated carbocycles. The molecule has 4 heteroatoms. The smallest absolute Gasteiger partial charge is 0.251 e. The second-order valence-electron chi connectivity index (χ2n) is 4.85. The highest BCUT2D eigenvalue weighted by Crippen LogP contribution is 2.13. The topological polar surface area (TPSA) is 41.6 Å². The SMILES string of the molecule is CNC(=O)c1ccc(OCCN2CCCCC2)cc1. The summed E-state index contributed by atoms with van der Waals surface area (Å²) in [5, 5.41) is 2.60. The summed E-state index contributed by atoms with van der Waals surface area (Å²) >= 11 is 0. The fourth-order valence-electron chi connectivity index (χ4n) is 2.32. The van der Waals surface area contributed by atoms with Crippen LogP contribution in [0.4, 0.5) is 0 Å². The van der Waals surface area contributed by atoms with Gasteiger partial charge in [-0.1, -0.05) is 6.42 Å². The molecule has 104 valence electrons. The van der Waals surface area contributed by atoms with Crippen molar-refractivity contribution in [3.8, 4) is 5.75 Å². The van der Waals surface area contributed by atoms with Crippen molar-refractivity contribution in [2.75, 3.05) is 33.3 Å². The lowest BCUT2D eigenvalue weighted by molar-refractivity contribution is 0.0963. The first kappa shape index (κ1) is 13.9. The zero-order valence-electron chi connectivity index (χ0n) is 11.5. The minimum absolute atomic E-state index is 0.0696. The van der Waals surface area contributed by atoms with Crippen LogP contribution in [0, 0.1) is 0 Å². The summed E-state index contributed by atoms with van der Waals surface area (Å²) in [7, 11) is 1.63. The summed E-state index contributed by atoms with van der Waals surface area (Å²) in [5.74, 6) is 0.754. The monoisotopic (exact) mass is 262 g/mol. The predicted molar refractivity (Wildman–Crippen MR) is 75.6 cm³/mol. The molecule has 2 rings (SSSR count). The van der Waals surface area contributed by atoms with Gasteiger partial charge in [-0.3, -0.25) is 9.69 Å². The fraction of sp³-hybridized carbons (Fsp3) is 0.533. The summed E-state index contributed by atoms with van der Waals surface area (Å²) in [5.41, 5.74) is 0.658. The third kappa shape index (κ3) is 4.24. The van der Waals surface area contributed by atoms with E-state index >= 15 is 0 Å². The van der Waals surface area contributed by atoms with Gasteiger partial charge in [0.1, 0.15) is 12.4 Å². The van der Waals surface area contributed by atoms with Gasteiger partial charge in [0.2, 0.25) is 0 Å². The normalized spacial score (nSPS) is 16.1. The van der Waals surface area contributed by atoms with Gasteiger partial charge in [0.25, 0.3) is 5.91 Å². The van der Waals surface area contributed by atoms with E-state index < -0.39 is 0 Å². The van der Waals surface area contributed by atoms with Gasteiger partial charge in [-0.2, -0.15) is 0 Å². The molecule has 1 N–H and O–H groups in total. The number of hydrogen-bond donors (Lipinski definition) is 1. The number of benzene rings is 1. The van der Waals surface area contributed by atoms with E-state index in [1.54, 1.807) is 19.2 Å². The predicted octanol–water partition coefficient (Wildman–Crippen LogP) is 1.91. The van der Waals surface area contributed by atoms with E-state index in [0.717, 1.165) is 12.3 Å². The fourth-order valence-corrected chi connectivity index (χ4v) is 2.32. The molecule has 0 aromatic heterocycles. The highest BCUT2D eigenvalue weighted by atomic mass is 16.5. The van der Waals surface area contributed by atoms with E-state index in [1.807, 2.05) is 12.1 Å². The van der Waals surface area contributed by atoms with Crippen molar-refractivity contribution >= 4 is 5.91 Å². The molecule has 1 fully saturated rings. The molecule has 1 aliphatic heterocycles. The van der Waals surface area contributed by atoms with Gasteiger partial charge in [0, 0.05) is 19.2 Å². The molecule has 1 aliphatic rings. The van der Waals surface area contributed by atoms with E-state index in [2.05, 4.69) is 10.2 Å². The first-order valence-electron chi connectivity index (χ1n) is 6.97. The summed E-state index contributed by atoms with van der Waals surface area (Å²) in [6.45, 7) is 4.08. The van der Waals surface area contributed by atoms with E-state index in [1.165, 1.54) is 32.4 Å². The minimum Gasteiger partial charge on any atom is -0.492 e. The van der Waals surface area contributed by atoms with Crippen LogP contribution in [0.5, 0.6) is 5.75 Å². The van der Waals surface area contributed by atoms with Crippen LogP contribution in [0.25, 0.3) is 0 Å². The van der Waals surface area contributed by atoms with Crippen LogP contribution in [-0.2, 0) is 0 Å². The quantitative estimate of drug-likeness (QED) is 0.881. The number of piperidine rings is 1. The maximum Gasteiger partial charge on any atom is 0.251 e. The molecule has 0 spiro atoms. The van der Waals surface area contributed by atoms with Crippen molar-refractivity contribution in [1.82, 2.24) is 10.2 Å². The van der Waals surface area contributed by atoms with Crippen LogP contribution in [-0.4, -0.2) is 44.1 Å². The van der Waals surface area contributed by atoms with Crippen molar-refractivity contribution < 1.29 is 9.53 Å². The number of hydrogen-bond acceptors (Lipinski definition) is 3. The van der Waals surface area contributed by atoms with E-state index in [4.69, 9.17) is 4.74 Å². The van der Waals surface area contributed by atoms with E-state index in [0.29, 0.717) is 12.2 Å². The lowest BCUT2D eigenvalue weighted by Crippen LogP contribution is -2.33. The van der Waals surface area contributed by atoms with Crippen molar-refractivity contribution in [1.29, 1.82) is 0 Å². The lowest BCUT2D eigenvalue weighted by Gasteiger charge is -2.26. The Morgan fingerprint density at radius 3 is 2.53 bits per heavy atom. The molecule has 0 radical (unpaired) electrons. The molecule has 0 atom stereocenters. The molecule has 1 aromatic rings. The van der Waals surface area contributed by atoms with Gasteiger partial charge in [0.15, 0.2) is 0 Å². The molecule has 0 unspecified atom stereocenters. The molecule has 1 saturated heterocycles. The van der Waals surface area contributed by atoms with Gasteiger partial charge in [0.05, 0.1) is 0 Å². The number of ether oxygens (including phenoxy) is 1. The van der Waals surface area contributed by atoms with Crippen molar-refractivity contribution in [2.45, 2.75) is 19.3 Å². The Balaban J connectivity index is 1.75. The molecule has 0 bridgehead atoms. The Kier molecular flexibility index (Phi) is 5.21. The largest absolute Gasteiger partial charge is 0.492 e. The maximum absolute atomic E-state index is 11.4. The molecule has 1 amide bonds. The minimum atomic E-state index is -0.0696. The Morgan fingerprint density at radius 2 is 1.89 bits per heavy atom. The first-order chi connectivity index (χ1) is 9.29. The Bertz CT molecular complexity index is 397. The van der Waals surface area contributed by atoms with E-state index in [9.17, 15) is 4.79 Å². The standard InChI is InChI=1S/C15H22N2O2/c1-16-15(18)13-5-7-14(8-6-13)19-12-11-17-9-3-2-4-10-17/h5-8H,2-4,9-12H2,1H3,(H,16,18). The van der Waals surface area contributed by atoms with Gasteiger partial charge >= 0.3 is 0 Å². The number of rotatable bonds is 5. The Morgan fingerprint density at radius 1 is 1.21 bits per heavy atom. The van der Waals surface area contributed by atoms with Crippen LogP contribution in [0.15, 0.2) is 24.3 Å². The second-order valence-corrected chi connectivity index (χ2v) is 4.85. The van der Waals surface area contributed by atoms with Gasteiger partial charge in [-0.25, -0.2) is 0 Å². The Hall–Kier alpha value is -1.55. The molecule has 1 heterocycles. The number of carbonyl (C=O) groups excluding carboxylic acids is 1. The summed E-state index contributed by atoms with van der Waals surface area (Å²) in [4.78, 5) is 13.8. The Labute approximate surface area is 114 Å². The number of carbonyl (C=O) groups is 1. The van der Waals surface area contributed by atoms with Crippen LogP contribution in [0.3, 0.4) is 0 Å². The molecule has 1 aromatic carbocycles. The molecular weight excluding hydrogens is 240 g/mol. The van der Waals surface area contributed by atoms with Crippen molar-refractivity contribution in [3.63, 3.8) is 0 Å². The van der Waals surface area contributed by atoms with Gasteiger partial charge in [-0.15, -0.1) is 0 Å². The number of nitrogens with one attached hydrogen (secondary N) is 1. The summed E-state index contributed by atoms with van der Waals surface area (Å²) in [6, 6.07) is 7.27. The van der Waals surface area contributed by atoms with Gasteiger partial charge < -0.3 is 10.1 Å². The van der Waals surface area contributed by atoms with Crippen molar-refractivity contribution in [2.24, 2.45) is 0 Å². The highest BCUT2D eigenvalue weighted by molar-refractivity contribution is 5.94. The summed E-state index contributed by atoms with van der Waals surface area (Å²) in [6.07, 6.45) is 3.97. The molecule has 4 nitrogen and oxygen atoms in total. The molecule has 0 aliphatic carbocycles. The van der Waals surface area contributed by atoms with Crippen molar-refractivity contribution in [3.05, 3.63) is 29.8 Å². The van der Waals surface area contributed by atoms with Crippen LogP contribution >= 0.6 is 0 Å². The maximum atomic E-state index is 11.4. The number of likely N-dealkylation sites (tertiary alicyclic amines) is 1. The highest BCUT2D eigenvalue weighted by Gasteiger charge is 2.09. The third-order valence-electron chi connectivity index (χ3n) is 3.47.